The van der Waals surface area contributed by atoms with Gasteiger partial charge in [-0.3, -0.25) is 0 Å². The van der Waals surface area contributed by atoms with Gasteiger partial charge in [0.1, 0.15) is 9.84 Å². The summed E-state index contributed by atoms with van der Waals surface area (Å²) in [5.41, 5.74) is -0.345. The molecule has 0 bridgehead atoms. The molecule has 1 N–H and O–H groups in total. The van der Waals surface area contributed by atoms with Crippen molar-refractivity contribution in [1.82, 2.24) is 0 Å². The molecular formula is C13H26O3S. The zero-order valence-electron chi connectivity index (χ0n) is 11.5. The summed E-state index contributed by atoms with van der Waals surface area (Å²) in [6.07, 6.45) is 5.27. The lowest BCUT2D eigenvalue weighted by molar-refractivity contribution is -0.0768. The maximum atomic E-state index is 11.1. The third-order valence-corrected chi connectivity index (χ3v) is 5.17. The maximum Gasteiger partial charge on any atom is 0.147 e. The minimum Gasteiger partial charge on any atom is -0.390 e. The van der Waals surface area contributed by atoms with Gasteiger partial charge in [0.05, 0.1) is 5.60 Å². The molecule has 1 aliphatic rings. The second kappa shape index (κ2) is 4.88. The summed E-state index contributed by atoms with van der Waals surface area (Å²) in [7, 11) is -2.90. The minimum atomic E-state index is -2.90. The van der Waals surface area contributed by atoms with E-state index < -0.39 is 15.4 Å². The number of hydrogen-bond acceptors (Lipinski definition) is 3. The van der Waals surface area contributed by atoms with Crippen LogP contribution in [-0.4, -0.2) is 31.1 Å². The fourth-order valence-corrected chi connectivity index (χ4v) is 3.60. The molecule has 0 aromatic rings. The predicted octanol–water partition coefficient (Wildman–Crippen LogP) is 2.39. The highest BCUT2D eigenvalue weighted by atomic mass is 32.2. The van der Waals surface area contributed by atoms with E-state index in [-0.39, 0.29) is 11.7 Å². The Labute approximate surface area is 106 Å². The Kier molecular flexibility index (Phi) is 4.30. The molecule has 17 heavy (non-hydrogen) atoms. The van der Waals surface area contributed by atoms with Gasteiger partial charge in [-0.2, -0.15) is 0 Å². The van der Waals surface area contributed by atoms with Crippen LogP contribution >= 0.6 is 0 Å². The molecule has 0 spiro atoms. The highest BCUT2D eigenvalue weighted by Crippen LogP contribution is 2.45. The van der Waals surface area contributed by atoms with Crippen molar-refractivity contribution in [3.63, 3.8) is 0 Å². The van der Waals surface area contributed by atoms with E-state index in [0.717, 1.165) is 19.3 Å². The van der Waals surface area contributed by atoms with E-state index in [0.29, 0.717) is 18.3 Å². The summed E-state index contributed by atoms with van der Waals surface area (Å²) in [5, 5.41) is 10.6. The van der Waals surface area contributed by atoms with E-state index in [1.165, 1.54) is 6.26 Å². The molecule has 0 aromatic heterocycles. The zero-order chi connectivity index (χ0) is 13.3. The van der Waals surface area contributed by atoms with Gasteiger partial charge in [-0.15, -0.1) is 0 Å². The average Bonchev–Trinajstić information content (AvgIpc) is 2.10. The Hall–Kier alpha value is -0.0900. The standard InChI is InChI=1S/C13H26O3S/c1-11-10-12(2,3)7-8-13(11,14)6-5-9-17(4,15)16/h11,14H,5-10H2,1-4H3. The highest BCUT2D eigenvalue weighted by Gasteiger charge is 2.41. The van der Waals surface area contributed by atoms with E-state index in [4.69, 9.17) is 0 Å². The molecule has 0 amide bonds. The highest BCUT2D eigenvalue weighted by molar-refractivity contribution is 7.90. The first-order chi connectivity index (χ1) is 7.54. The lowest BCUT2D eigenvalue weighted by atomic mass is 9.64. The van der Waals surface area contributed by atoms with Crippen molar-refractivity contribution in [1.29, 1.82) is 0 Å². The molecule has 1 saturated carbocycles. The van der Waals surface area contributed by atoms with Gasteiger partial charge < -0.3 is 5.11 Å². The van der Waals surface area contributed by atoms with Gasteiger partial charge in [-0.1, -0.05) is 20.8 Å². The zero-order valence-corrected chi connectivity index (χ0v) is 12.3. The number of sulfone groups is 1. The molecule has 1 rings (SSSR count). The third kappa shape index (κ3) is 4.59. The Morgan fingerprint density at radius 1 is 1.29 bits per heavy atom. The van der Waals surface area contributed by atoms with E-state index >= 15 is 0 Å². The van der Waals surface area contributed by atoms with Crippen molar-refractivity contribution < 1.29 is 13.5 Å². The summed E-state index contributed by atoms with van der Waals surface area (Å²) in [6.45, 7) is 6.56. The van der Waals surface area contributed by atoms with Crippen molar-refractivity contribution in [2.24, 2.45) is 11.3 Å². The van der Waals surface area contributed by atoms with Crippen molar-refractivity contribution in [2.45, 2.75) is 58.5 Å². The van der Waals surface area contributed by atoms with Crippen molar-refractivity contribution in [2.75, 3.05) is 12.0 Å². The molecule has 0 aliphatic heterocycles. The molecule has 2 atom stereocenters. The minimum absolute atomic E-state index is 0.186. The fraction of sp³-hybridized carbons (Fsp3) is 1.00. The van der Waals surface area contributed by atoms with Crippen molar-refractivity contribution in [3.05, 3.63) is 0 Å². The number of aliphatic hydroxyl groups is 1. The summed E-state index contributed by atoms with van der Waals surface area (Å²) in [4.78, 5) is 0. The first-order valence-electron chi connectivity index (χ1n) is 6.44. The smallest absolute Gasteiger partial charge is 0.147 e. The fourth-order valence-electron chi connectivity index (χ4n) is 2.93. The third-order valence-electron chi connectivity index (χ3n) is 4.14. The van der Waals surface area contributed by atoms with Crippen LogP contribution in [0.25, 0.3) is 0 Å². The van der Waals surface area contributed by atoms with E-state index in [1.54, 1.807) is 0 Å². The average molecular weight is 262 g/mol. The van der Waals surface area contributed by atoms with Crippen LogP contribution in [0.1, 0.15) is 52.9 Å². The van der Waals surface area contributed by atoms with Crippen molar-refractivity contribution >= 4 is 9.84 Å². The lowest BCUT2D eigenvalue weighted by Crippen LogP contribution is -2.44. The van der Waals surface area contributed by atoms with Crippen LogP contribution in [0.2, 0.25) is 0 Å². The molecule has 2 unspecified atom stereocenters. The van der Waals surface area contributed by atoms with Crippen LogP contribution < -0.4 is 0 Å². The second-order valence-electron chi connectivity index (χ2n) is 6.61. The van der Waals surface area contributed by atoms with Gasteiger partial charge >= 0.3 is 0 Å². The van der Waals surface area contributed by atoms with E-state index in [1.807, 2.05) is 0 Å². The topological polar surface area (TPSA) is 54.4 Å². The summed E-state index contributed by atoms with van der Waals surface area (Å²) in [6, 6.07) is 0. The van der Waals surface area contributed by atoms with Gasteiger partial charge in [-0.25, -0.2) is 8.42 Å². The Balaban J connectivity index is 2.52. The van der Waals surface area contributed by atoms with Gasteiger partial charge in [0.25, 0.3) is 0 Å². The van der Waals surface area contributed by atoms with Gasteiger partial charge in [0.15, 0.2) is 0 Å². The Bertz CT molecular complexity index is 359. The van der Waals surface area contributed by atoms with Crippen LogP contribution in [0.3, 0.4) is 0 Å². The van der Waals surface area contributed by atoms with Crippen molar-refractivity contribution in [3.8, 4) is 0 Å². The Morgan fingerprint density at radius 3 is 2.35 bits per heavy atom. The molecule has 0 aromatic carbocycles. The first kappa shape index (κ1) is 15.0. The molecule has 102 valence electrons. The largest absolute Gasteiger partial charge is 0.390 e. The molecule has 3 nitrogen and oxygen atoms in total. The van der Waals surface area contributed by atoms with E-state index in [2.05, 4.69) is 20.8 Å². The second-order valence-corrected chi connectivity index (χ2v) is 8.87. The molecule has 0 heterocycles. The quantitative estimate of drug-likeness (QED) is 0.846. The number of rotatable bonds is 4. The van der Waals surface area contributed by atoms with Crippen LogP contribution in [-0.2, 0) is 9.84 Å². The maximum absolute atomic E-state index is 11.1. The normalized spacial score (nSPS) is 33.6. The summed E-state index contributed by atoms with van der Waals surface area (Å²) in [5.74, 6) is 0.441. The summed E-state index contributed by atoms with van der Waals surface area (Å²) >= 11 is 0. The predicted molar refractivity (Wildman–Crippen MR) is 70.7 cm³/mol. The SMILES string of the molecule is CC1CC(C)(C)CCC1(O)CCCS(C)(=O)=O. The van der Waals surface area contributed by atoms with Gasteiger partial charge in [0, 0.05) is 12.0 Å². The van der Waals surface area contributed by atoms with Gasteiger partial charge in [-0.05, 0) is 43.4 Å². The number of hydrogen-bond donors (Lipinski definition) is 1. The molecule has 4 heteroatoms. The summed E-state index contributed by atoms with van der Waals surface area (Å²) < 4.78 is 22.2. The van der Waals surface area contributed by atoms with Gasteiger partial charge in [0.2, 0.25) is 0 Å². The molecular weight excluding hydrogens is 236 g/mol. The van der Waals surface area contributed by atoms with Crippen LogP contribution in [0.5, 0.6) is 0 Å². The van der Waals surface area contributed by atoms with Crippen LogP contribution in [0.15, 0.2) is 0 Å². The van der Waals surface area contributed by atoms with E-state index in [9.17, 15) is 13.5 Å². The lowest BCUT2D eigenvalue weighted by Gasteiger charge is -2.45. The van der Waals surface area contributed by atoms with Crippen LogP contribution in [0, 0.1) is 11.3 Å². The first-order valence-corrected chi connectivity index (χ1v) is 8.50. The molecule has 1 fully saturated rings. The monoisotopic (exact) mass is 262 g/mol. The molecule has 1 aliphatic carbocycles. The molecule has 0 saturated heterocycles. The van der Waals surface area contributed by atoms with Crippen LogP contribution in [0.4, 0.5) is 0 Å². The Morgan fingerprint density at radius 2 is 1.88 bits per heavy atom. The molecule has 0 radical (unpaired) electrons.